The van der Waals surface area contributed by atoms with Crippen molar-refractivity contribution in [2.24, 2.45) is 5.92 Å². The van der Waals surface area contributed by atoms with Crippen molar-refractivity contribution in [1.29, 1.82) is 0 Å². The lowest BCUT2D eigenvalue weighted by Gasteiger charge is -2.32. The Bertz CT molecular complexity index is 688. The molecule has 1 fully saturated rings. The van der Waals surface area contributed by atoms with Gasteiger partial charge in [0.1, 0.15) is 0 Å². The third-order valence-electron chi connectivity index (χ3n) is 5.41. The Hall–Kier alpha value is -2.13. The normalized spacial score (nSPS) is 17.0. The van der Waals surface area contributed by atoms with E-state index in [-0.39, 0.29) is 17.9 Å². The Morgan fingerprint density at radius 1 is 1.08 bits per heavy atom. The number of carbonyl (C=O) groups excluding carboxylic acids is 1. The van der Waals surface area contributed by atoms with Gasteiger partial charge in [0.25, 0.3) is 0 Å². The predicted molar refractivity (Wildman–Crippen MR) is 107 cm³/mol. The van der Waals surface area contributed by atoms with Crippen molar-refractivity contribution in [3.63, 3.8) is 0 Å². The maximum absolute atomic E-state index is 12.7. The van der Waals surface area contributed by atoms with Crippen LogP contribution in [0.15, 0.2) is 54.6 Å². The topological polar surface area (TPSA) is 32.3 Å². The summed E-state index contributed by atoms with van der Waals surface area (Å²) in [6.45, 7) is 7.19. The third kappa shape index (κ3) is 4.95. The van der Waals surface area contributed by atoms with Gasteiger partial charge in [-0.15, -0.1) is 0 Å². The van der Waals surface area contributed by atoms with Crippen molar-refractivity contribution < 1.29 is 4.79 Å². The minimum absolute atomic E-state index is 0.116. The van der Waals surface area contributed by atoms with Gasteiger partial charge >= 0.3 is 0 Å². The van der Waals surface area contributed by atoms with Gasteiger partial charge in [0.15, 0.2) is 0 Å². The average molecular weight is 351 g/mol. The molecule has 2 aromatic rings. The highest BCUT2D eigenvalue weighted by Gasteiger charge is 2.26. The summed E-state index contributed by atoms with van der Waals surface area (Å²) in [6, 6.07) is 19.2. The minimum Gasteiger partial charge on any atom is -0.349 e. The van der Waals surface area contributed by atoms with Crippen LogP contribution >= 0.6 is 0 Å². The molecular weight excluding hydrogens is 320 g/mol. The van der Waals surface area contributed by atoms with Gasteiger partial charge in [0, 0.05) is 12.5 Å². The number of nitrogens with zero attached hydrogens (tertiary/aromatic N) is 1. The zero-order chi connectivity index (χ0) is 18.4. The first-order valence-electron chi connectivity index (χ1n) is 9.79. The maximum Gasteiger partial charge on any atom is 0.223 e. The number of rotatable bonds is 6. The number of benzene rings is 2. The highest BCUT2D eigenvalue weighted by Crippen LogP contribution is 2.22. The van der Waals surface area contributed by atoms with Crippen LogP contribution in [0.25, 0.3) is 0 Å². The average Bonchev–Trinajstić information content (AvgIpc) is 2.68. The van der Waals surface area contributed by atoms with Crippen LogP contribution in [0, 0.1) is 12.8 Å². The van der Waals surface area contributed by atoms with Gasteiger partial charge in [-0.25, -0.2) is 0 Å². The van der Waals surface area contributed by atoms with Crippen LogP contribution in [0.5, 0.6) is 0 Å². The third-order valence-corrected chi connectivity index (χ3v) is 5.41. The number of likely N-dealkylation sites (tertiary alicyclic amines) is 1. The summed E-state index contributed by atoms with van der Waals surface area (Å²) in [5.74, 6) is 0.360. The number of hydrogen-bond donors (Lipinski definition) is 1. The van der Waals surface area contributed by atoms with Crippen LogP contribution in [0.1, 0.15) is 48.9 Å². The fraction of sp³-hybridized carbons (Fsp3) is 0.435. The van der Waals surface area contributed by atoms with Crippen molar-refractivity contribution in [2.75, 3.05) is 13.1 Å². The number of piperidine rings is 1. The molecule has 1 aliphatic heterocycles. The molecule has 0 spiro atoms. The number of amides is 1. The summed E-state index contributed by atoms with van der Waals surface area (Å²) in [5.41, 5.74) is 3.80. The van der Waals surface area contributed by atoms with Crippen molar-refractivity contribution in [3.8, 4) is 0 Å². The summed E-state index contributed by atoms with van der Waals surface area (Å²) in [4.78, 5) is 15.2. The fourth-order valence-corrected chi connectivity index (χ4v) is 3.70. The van der Waals surface area contributed by atoms with Crippen LogP contribution in [0.4, 0.5) is 0 Å². The fourth-order valence-electron chi connectivity index (χ4n) is 3.70. The molecule has 26 heavy (non-hydrogen) atoms. The first-order valence-corrected chi connectivity index (χ1v) is 9.79. The van der Waals surface area contributed by atoms with Crippen molar-refractivity contribution in [1.82, 2.24) is 10.2 Å². The monoisotopic (exact) mass is 350 g/mol. The second-order valence-corrected chi connectivity index (χ2v) is 7.42. The van der Waals surface area contributed by atoms with Gasteiger partial charge in [0.2, 0.25) is 5.91 Å². The SMILES string of the molecule is CC[C@@H](NC(=O)C1CCN(Cc2ccccc2)CC1)c1ccc(C)cc1. The largest absolute Gasteiger partial charge is 0.349 e. The molecule has 0 saturated carbocycles. The van der Waals surface area contributed by atoms with Crippen LogP contribution in [-0.4, -0.2) is 23.9 Å². The molecule has 1 saturated heterocycles. The van der Waals surface area contributed by atoms with Gasteiger partial charge in [-0.1, -0.05) is 67.1 Å². The molecule has 0 aromatic heterocycles. The van der Waals surface area contributed by atoms with Gasteiger partial charge in [0.05, 0.1) is 6.04 Å². The molecule has 1 atom stereocenters. The van der Waals surface area contributed by atoms with Crippen molar-refractivity contribution in [2.45, 2.75) is 45.7 Å². The van der Waals surface area contributed by atoms with E-state index >= 15 is 0 Å². The first-order chi connectivity index (χ1) is 12.7. The second kappa shape index (κ2) is 9.00. The van der Waals surface area contributed by atoms with E-state index in [1.54, 1.807) is 0 Å². The van der Waals surface area contributed by atoms with Gasteiger partial charge in [-0.3, -0.25) is 9.69 Å². The van der Waals surface area contributed by atoms with Crippen molar-refractivity contribution in [3.05, 3.63) is 71.3 Å². The molecule has 138 valence electrons. The van der Waals surface area contributed by atoms with E-state index in [4.69, 9.17) is 0 Å². The molecule has 1 heterocycles. The number of hydrogen-bond acceptors (Lipinski definition) is 2. The van der Waals surface area contributed by atoms with E-state index in [0.29, 0.717) is 0 Å². The zero-order valence-electron chi connectivity index (χ0n) is 15.9. The first kappa shape index (κ1) is 18.7. The predicted octanol–water partition coefficient (Wildman–Crippen LogP) is 4.47. The highest BCUT2D eigenvalue weighted by molar-refractivity contribution is 5.79. The lowest BCUT2D eigenvalue weighted by atomic mass is 9.94. The second-order valence-electron chi connectivity index (χ2n) is 7.42. The smallest absolute Gasteiger partial charge is 0.223 e. The Kier molecular flexibility index (Phi) is 6.45. The molecule has 1 aliphatic rings. The molecule has 0 radical (unpaired) electrons. The van der Waals surface area contributed by atoms with Crippen LogP contribution in [0.3, 0.4) is 0 Å². The van der Waals surface area contributed by atoms with Gasteiger partial charge < -0.3 is 5.32 Å². The Morgan fingerprint density at radius 2 is 1.73 bits per heavy atom. The molecular formula is C23H30N2O. The molecule has 0 bridgehead atoms. The Morgan fingerprint density at radius 3 is 2.35 bits per heavy atom. The standard InChI is InChI=1S/C23H30N2O/c1-3-22(20-11-9-18(2)10-12-20)24-23(26)21-13-15-25(16-14-21)17-19-7-5-4-6-8-19/h4-12,21-22H,3,13-17H2,1-2H3,(H,24,26)/t22-/m1/s1. The number of carbonyl (C=O) groups is 1. The molecule has 3 heteroatoms. The van der Waals surface area contributed by atoms with Crippen LogP contribution < -0.4 is 5.32 Å². The van der Waals surface area contributed by atoms with E-state index in [1.807, 2.05) is 0 Å². The summed E-state index contributed by atoms with van der Waals surface area (Å²) in [6.07, 6.45) is 2.81. The molecule has 2 aromatic carbocycles. The number of nitrogens with one attached hydrogen (secondary N) is 1. The van der Waals surface area contributed by atoms with E-state index in [1.165, 1.54) is 16.7 Å². The summed E-state index contributed by atoms with van der Waals surface area (Å²) in [7, 11) is 0. The van der Waals surface area contributed by atoms with Gasteiger partial charge in [-0.05, 0) is 50.4 Å². The zero-order valence-corrected chi connectivity index (χ0v) is 15.9. The minimum atomic E-state index is 0.116. The lowest BCUT2D eigenvalue weighted by molar-refractivity contribution is -0.127. The van der Waals surface area contributed by atoms with E-state index in [9.17, 15) is 4.79 Å². The summed E-state index contributed by atoms with van der Waals surface area (Å²) in [5, 5.41) is 3.28. The summed E-state index contributed by atoms with van der Waals surface area (Å²) >= 11 is 0. The van der Waals surface area contributed by atoms with Crippen LogP contribution in [0.2, 0.25) is 0 Å². The lowest BCUT2D eigenvalue weighted by Crippen LogP contribution is -2.41. The van der Waals surface area contributed by atoms with E-state index in [2.05, 4.69) is 78.7 Å². The molecule has 0 aliphatic carbocycles. The summed E-state index contributed by atoms with van der Waals surface area (Å²) < 4.78 is 0. The quantitative estimate of drug-likeness (QED) is 0.833. The number of aryl methyl sites for hydroxylation is 1. The Labute approximate surface area is 157 Å². The highest BCUT2D eigenvalue weighted by atomic mass is 16.1. The van der Waals surface area contributed by atoms with Gasteiger partial charge in [-0.2, -0.15) is 0 Å². The van der Waals surface area contributed by atoms with E-state index in [0.717, 1.165) is 38.9 Å². The molecule has 3 rings (SSSR count). The Balaban J connectivity index is 1.50. The molecule has 1 amide bonds. The van der Waals surface area contributed by atoms with E-state index < -0.39 is 0 Å². The molecule has 0 unspecified atom stereocenters. The molecule has 3 nitrogen and oxygen atoms in total. The van der Waals surface area contributed by atoms with Crippen LogP contribution in [-0.2, 0) is 11.3 Å². The van der Waals surface area contributed by atoms with Crippen molar-refractivity contribution >= 4 is 5.91 Å². The maximum atomic E-state index is 12.7. The molecule has 1 N–H and O–H groups in total.